The molecule has 25 heavy (non-hydrogen) atoms. The summed E-state index contributed by atoms with van der Waals surface area (Å²) >= 11 is 0. The third-order valence-electron chi connectivity index (χ3n) is 8.09. The van der Waals surface area contributed by atoms with Gasteiger partial charge in [0.1, 0.15) is 5.75 Å². The maximum Gasteiger partial charge on any atom is 0.119 e. The van der Waals surface area contributed by atoms with Crippen LogP contribution in [-0.2, 0) is 6.42 Å². The Morgan fingerprint density at radius 2 is 2.00 bits per heavy atom. The first kappa shape index (κ1) is 17.0. The molecule has 2 fully saturated rings. The fourth-order valence-corrected chi connectivity index (χ4v) is 6.80. The zero-order valence-corrected chi connectivity index (χ0v) is 16.1. The zero-order valence-electron chi connectivity index (χ0n) is 16.1. The van der Waals surface area contributed by atoms with Crippen LogP contribution in [0.2, 0.25) is 0 Å². The van der Waals surface area contributed by atoms with Crippen molar-refractivity contribution < 1.29 is 4.74 Å². The summed E-state index contributed by atoms with van der Waals surface area (Å²) in [4.78, 5) is 2.34. The van der Waals surface area contributed by atoms with Crippen LogP contribution in [-0.4, -0.2) is 31.6 Å². The van der Waals surface area contributed by atoms with E-state index in [4.69, 9.17) is 11.2 Å². The number of rotatable bonds is 2. The summed E-state index contributed by atoms with van der Waals surface area (Å²) in [6.07, 6.45) is 13.6. The molecule has 0 saturated heterocycles. The van der Waals surface area contributed by atoms with Crippen molar-refractivity contribution in [1.29, 1.82) is 0 Å². The second kappa shape index (κ2) is 5.78. The van der Waals surface area contributed by atoms with Crippen LogP contribution in [0.25, 0.3) is 0 Å². The van der Waals surface area contributed by atoms with Crippen molar-refractivity contribution in [3.8, 4) is 18.1 Å². The fourth-order valence-electron chi connectivity index (χ4n) is 6.80. The van der Waals surface area contributed by atoms with Gasteiger partial charge in [0.05, 0.1) is 12.6 Å². The lowest BCUT2D eigenvalue weighted by atomic mass is 9.52. The molecule has 2 nitrogen and oxygen atoms in total. The Kier molecular flexibility index (Phi) is 3.92. The molecule has 0 radical (unpaired) electrons. The molecule has 1 aromatic carbocycles. The molecule has 3 aliphatic carbocycles. The van der Waals surface area contributed by atoms with Gasteiger partial charge in [-0.3, -0.25) is 4.90 Å². The number of aryl methyl sites for hydroxylation is 1. The van der Waals surface area contributed by atoms with Gasteiger partial charge in [0.2, 0.25) is 0 Å². The van der Waals surface area contributed by atoms with Gasteiger partial charge in [0.25, 0.3) is 0 Å². The molecule has 0 spiro atoms. The summed E-state index contributed by atoms with van der Waals surface area (Å²) in [6.45, 7) is 2.49. The van der Waals surface area contributed by atoms with E-state index in [0.717, 1.165) is 24.0 Å². The van der Waals surface area contributed by atoms with E-state index < -0.39 is 0 Å². The van der Waals surface area contributed by atoms with Gasteiger partial charge in [-0.05, 0) is 93.6 Å². The highest BCUT2D eigenvalue weighted by Crippen LogP contribution is 2.65. The van der Waals surface area contributed by atoms with Crippen molar-refractivity contribution in [3.63, 3.8) is 0 Å². The van der Waals surface area contributed by atoms with E-state index in [1.54, 1.807) is 12.7 Å². The van der Waals surface area contributed by atoms with Crippen LogP contribution in [0.1, 0.15) is 56.1 Å². The van der Waals surface area contributed by atoms with Crippen molar-refractivity contribution in [2.45, 2.75) is 56.9 Å². The smallest absolute Gasteiger partial charge is 0.119 e. The number of methoxy groups -OCH3 is 1. The highest BCUT2D eigenvalue weighted by Gasteiger charge is 2.62. The maximum atomic E-state index is 6.13. The molecule has 0 aromatic heterocycles. The van der Waals surface area contributed by atoms with Crippen LogP contribution in [0.5, 0.6) is 5.75 Å². The zero-order chi connectivity index (χ0) is 17.8. The Hall–Kier alpha value is -1.46. The normalized spacial score (nSPS) is 39.3. The third-order valence-corrected chi connectivity index (χ3v) is 8.09. The monoisotopic (exact) mass is 337 g/mol. The molecule has 0 N–H and O–H groups in total. The molecule has 134 valence electrons. The lowest BCUT2D eigenvalue weighted by Crippen LogP contribution is -2.57. The molecule has 0 heterocycles. The molecule has 1 aromatic rings. The summed E-state index contributed by atoms with van der Waals surface area (Å²) < 4.78 is 5.44. The third kappa shape index (κ3) is 2.15. The molecule has 0 aliphatic heterocycles. The summed E-state index contributed by atoms with van der Waals surface area (Å²) in [5.41, 5.74) is 3.28. The Balaban J connectivity index is 1.70. The Bertz CT molecular complexity index is 717. The average Bonchev–Trinajstić information content (AvgIpc) is 2.94. The lowest BCUT2D eigenvalue weighted by molar-refractivity contribution is -0.0162. The van der Waals surface area contributed by atoms with Crippen LogP contribution in [0.4, 0.5) is 0 Å². The molecule has 2 saturated carbocycles. The van der Waals surface area contributed by atoms with E-state index in [-0.39, 0.29) is 11.0 Å². The number of ether oxygens (including phenoxy) is 1. The number of nitrogens with zero attached hydrogens (tertiary/aromatic N) is 1. The van der Waals surface area contributed by atoms with E-state index >= 15 is 0 Å². The largest absolute Gasteiger partial charge is 0.497 e. The molecule has 0 amide bonds. The van der Waals surface area contributed by atoms with Gasteiger partial charge in [0.15, 0.2) is 0 Å². The van der Waals surface area contributed by atoms with Gasteiger partial charge in [-0.2, -0.15) is 0 Å². The van der Waals surface area contributed by atoms with E-state index in [9.17, 15) is 0 Å². The number of fused-ring (bicyclic) bond motifs is 5. The van der Waals surface area contributed by atoms with Crippen molar-refractivity contribution in [2.75, 3.05) is 21.2 Å². The highest BCUT2D eigenvalue weighted by atomic mass is 16.5. The van der Waals surface area contributed by atoms with E-state index in [1.165, 1.54) is 37.7 Å². The van der Waals surface area contributed by atoms with Crippen LogP contribution in [0.15, 0.2) is 18.2 Å². The molecular formula is C23H31NO. The first-order valence-electron chi connectivity index (χ1n) is 9.79. The van der Waals surface area contributed by atoms with Crippen LogP contribution in [0, 0.1) is 29.6 Å². The number of benzene rings is 1. The van der Waals surface area contributed by atoms with E-state index in [1.807, 2.05) is 0 Å². The second-order valence-corrected chi connectivity index (χ2v) is 8.87. The van der Waals surface area contributed by atoms with Gasteiger partial charge < -0.3 is 4.74 Å². The first-order valence-corrected chi connectivity index (χ1v) is 9.79. The summed E-state index contributed by atoms with van der Waals surface area (Å²) in [5.74, 6) is 6.50. The fraction of sp³-hybridized carbons (Fsp3) is 0.652. The number of hydrogen-bond acceptors (Lipinski definition) is 2. The molecule has 0 unspecified atom stereocenters. The Morgan fingerprint density at radius 3 is 2.68 bits per heavy atom. The minimum Gasteiger partial charge on any atom is -0.497 e. The molecule has 3 aliphatic rings. The van der Waals surface area contributed by atoms with Crippen LogP contribution in [0.3, 0.4) is 0 Å². The minimum absolute atomic E-state index is 0.0666. The predicted octanol–water partition coefficient (Wildman–Crippen LogP) is 4.48. The highest BCUT2D eigenvalue weighted by molar-refractivity contribution is 5.41. The molecule has 2 heteroatoms. The van der Waals surface area contributed by atoms with Crippen LogP contribution >= 0.6 is 0 Å². The topological polar surface area (TPSA) is 12.5 Å². The van der Waals surface area contributed by atoms with Gasteiger partial charge in [-0.15, -0.1) is 6.42 Å². The van der Waals surface area contributed by atoms with E-state index in [0.29, 0.717) is 5.92 Å². The minimum atomic E-state index is -0.0666. The maximum absolute atomic E-state index is 6.13. The van der Waals surface area contributed by atoms with Crippen molar-refractivity contribution in [1.82, 2.24) is 4.90 Å². The van der Waals surface area contributed by atoms with Gasteiger partial charge in [0, 0.05) is 5.41 Å². The Labute approximate surface area is 152 Å². The van der Waals surface area contributed by atoms with Crippen molar-refractivity contribution >= 4 is 0 Å². The predicted molar refractivity (Wildman–Crippen MR) is 103 cm³/mol. The van der Waals surface area contributed by atoms with Gasteiger partial charge >= 0.3 is 0 Å². The molecular weight excluding hydrogens is 306 g/mol. The molecule has 4 rings (SSSR count). The summed E-state index contributed by atoms with van der Waals surface area (Å²) in [6, 6.07) is 6.75. The molecule has 5 atom stereocenters. The van der Waals surface area contributed by atoms with E-state index in [2.05, 4.69) is 50.0 Å². The van der Waals surface area contributed by atoms with Gasteiger partial charge in [-0.25, -0.2) is 0 Å². The first-order chi connectivity index (χ1) is 12.0. The average molecular weight is 338 g/mol. The summed E-state index contributed by atoms with van der Waals surface area (Å²) in [7, 11) is 6.13. The Morgan fingerprint density at radius 1 is 1.20 bits per heavy atom. The SMILES string of the molecule is C#C[C@@]1(N(C)C)CC[C@H]2[C@H]3CCc4cc(OC)ccc4[C@@H]3CC[C@@]21C. The number of terminal acetylenes is 1. The van der Waals surface area contributed by atoms with Crippen molar-refractivity contribution in [2.24, 2.45) is 17.3 Å². The second-order valence-electron chi connectivity index (χ2n) is 8.87. The standard InChI is InChI=1S/C23H31NO/c1-6-23(24(3)4)14-12-21-20-9-7-16-15-17(25-5)8-10-18(16)19(20)11-13-22(21,23)2/h1,8,10,15,19-21H,7,9,11-14H2,2-5H3/t19-,20-,21-,22-,23+/m0/s1. The number of hydrogen-bond donors (Lipinski definition) is 0. The van der Waals surface area contributed by atoms with Crippen molar-refractivity contribution in [3.05, 3.63) is 29.3 Å². The van der Waals surface area contributed by atoms with Gasteiger partial charge in [-0.1, -0.05) is 18.9 Å². The molecule has 0 bridgehead atoms. The lowest BCUT2D eigenvalue weighted by Gasteiger charge is -2.55. The quantitative estimate of drug-likeness (QED) is 0.738. The summed E-state index contributed by atoms with van der Waals surface area (Å²) in [5, 5.41) is 0. The van der Waals surface area contributed by atoms with Crippen LogP contribution < -0.4 is 4.74 Å².